The average Bonchev–Trinajstić information content (AvgIpc) is 2.35. The molecule has 1 aliphatic carbocycles. The lowest BCUT2D eigenvalue weighted by Gasteiger charge is -2.37. The second-order valence-corrected chi connectivity index (χ2v) is 4.75. The summed E-state index contributed by atoms with van der Waals surface area (Å²) >= 11 is 0. The molecule has 1 saturated carbocycles. The van der Waals surface area contributed by atoms with Crippen molar-refractivity contribution in [2.45, 2.75) is 31.9 Å². The van der Waals surface area contributed by atoms with Gasteiger partial charge in [-0.2, -0.15) is 8.78 Å². The Kier molecular flexibility index (Phi) is 4.89. The van der Waals surface area contributed by atoms with Gasteiger partial charge in [-0.05, 0) is 31.4 Å². The minimum atomic E-state index is -2.95. The third-order valence-corrected chi connectivity index (χ3v) is 3.48. The van der Waals surface area contributed by atoms with Crippen molar-refractivity contribution in [3.63, 3.8) is 0 Å². The summed E-state index contributed by atoms with van der Waals surface area (Å²) in [6.07, 6.45) is 2.95. The lowest BCUT2D eigenvalue weighted by atomic mass is 9.91. The molecule has 0 unspecified atom stereocenters. The average molecular weight is 284 g/mol. The van der Waals surface area contributed by atoms with E-state index in [1.54, 1.807) is 17.0 Å². The van der Waals surface area contributed by atoms with E-state index in [2.05, 4.69) is 4.74 Å². The van der Waals surface area contributed by atoms with E-state index in [4.69, 9.17) is 5.73 Å². The lowest BCUT2D eigenvalue weighted by molar-refractivity contribution is -0.0503. The van der Waals surface area contributed by atoms with Gasteiger partial charge < -0.3 is 15.4 Å². The van der Waals surface area contributed by atoms with E-state index >= 15 is 0 Å². The van der Waals surface area contributed by atoms with E-state index in [0.29, 0.717) is 13.1 Å². The Hall–Kier alpha value is -1.69. The van der Waals surface area contributed by atoms with E-state index in [0.717, 1.165) is 19.3 Å². The van der Waals surface area contributed by atoms with Crippen LogP contribution >= 0.6 is 0 Å². The smallest absolute Gasteiger partial charge is 0.387 e. The van der Waals surface area contributed by atoms with Gasteiger partial charge in [0.15, 0.2) is 0 Å². The Morgan fingerprint density at radius 1 is 1.40 bits per heavy atom. The molecule has 6 heteroatoms. The predicted octanol–water partition coefficient (Wildman–Crippen LogP) is 2.24. The second-order valence-electron chi connectivity index (χ2n) is 4.75. The monoisotopic (exact) mass is 284 g/mol. The number of rotatable bonds is 6. The largest absolute Gasteiger partial charge is 0.434 e. The van der Waals surface area contributed by atoms with E-state index in [1.807, 2.05) is 0 Å². The zero-order valence-electron chi connectivity index (χ0n) is 11.1. The van der Waals surface area contributed by atoms with Crippen molar-refractivity contribution in [3.8, 4) is 5.75 Å². The minimum absolute atomic E-state index is 0.0890. The third kappa shape index (κ3) is 3.25. The van der Waals surface area contributed by atoms with Crippen LogP contribution in [-0.4, -0.2) is 36.5 Å². The summed E-state index contributed by atoms with van der Waals surface area (Å²) in [5.74, 6) is -0.384. The Bertz CT molecular complexity index is 464. The summed E-state index contributed by atoms with van der Waals surface area (Å²) in [7, 11) is 0. The van der Waals surface area contributed by atoms with E-state index in [-0.39, 0.29) is 23.3 Å². The highest BCUT2D eigenvalue weighted by Crippen LogP contribution is 2.28. The first-order valence-corrected chi connectivity index (χ1v) is 6.68. The Morgan fingerprint density at radius 2 is 2.10 bits per heavy atom. The van der Waals surface area contributed by atoms with Gasteiger partial charge in [-0.3, -0.25) is 4.79 Å². The zero-order valence-corrected chi connectivity index (χ0v) is 11.1. The molecule has 0 atom stereocenters. The number of carbonyl (C=O) groups excluding carboxylic acids is 1. The normalized spacial score (nSPS) is 15.0. The van der Waals surface area contributed by atoms with Crippen molar-refractivity contribution in [1.82, 2.24) is 4.90 Å². The van der Waals surface area contributed by atoms with Crippen LogP contribution in [0.25, 0.3) is 0 Å². The van der Waals surface area contributed by atoms with Gasteiger partial charge in [0.25, 0.3) is 5.91 Å². The number of halogens is 2. The number of nitrogens with zero attached hydrogens (tertiary/aromatic N) is 1. The first-order chi connectivity index (χ1) is 9.63. The topological polar surface area (TPSA) is 55.6 Å². The highest BCUT2D eigenvalue weighted by Gasteiger charge is 2.30. The third-order valence-electron chi connectivity index (χ3n) is 3.48. The van der Waals surface area contributed by atoms with Gasteiger partial charge in [0.1, 0.15) is 5.75 Å². The number of amides is 1. The predicted molar refractivity (Wildman–Crippen MR) is 70.8 cm³/mol. The highest BCUT2D eigenvalue weighted by atomic mass is 19.3. The van der Waals surface area contributed by atoms with Crippen molar-refractivity contribution < 1.29 is 18.3 Å². The van der Waals surface area contributed by atoms with E-state index in [9.17, 15) is 13.6 Å². The van der Waals surface area contributed by atoms with E-state index < -0.39 is 6.61 Å². The molecular formula is C14H18F2N2O2. The van der Waals surface area contributed by atoms with E-state index in [1.165, 1.54) is 12.1 Å². The van der Waals surface area contributed by atoms with Crippen molar-refractivity contribution in [1.29, 1.82) is 0 Å². The lowest BCUT2D eigenvalue weighted by Crippen LogP contribution is -2.46. The van der Waals surface area contributed by atoms with Crippen LogP contribution in [0.15, 0.2) is 24.3 Å². The summed E-state index contributed by atoms with van der Waals surface area (Å²) < 4.78 is 29.2. The van der Waals surface area contributed by atoms with Gasteiger partial charge in [-0.1, -0.05) is 12.1 Å². The number of carbonyl (C=O) groups is 1. The summed E-state index contributed by atoms with van der Waals surface area (Å²) in [6, 6.07) is 6.23. The van der Waals surface area contributed by atoms with Crippen LogP contribution in [0.1, 0.15) is 29.6 Å². The highest BCUT2D eigenvalue weighted by molar-refractivity contribution is 5.97. The minimum Gasteiger partial charge on any atom is -0.434 e. The van der Waals surface area contributed by atoms with Crippen LogP contribution in [0.3, 0.4) is 0 Å². The van der Waals surface area contributed by atoms with Crippen LogP contribution in [0, 0.1) is 0 Å². The molecule has 110 valence electrons. The maximum atomic E-state index is 12.5. The maximum absolute atomic E-state index is 12.5. The fraction of sp³-hybridized carbons (Fsp3) is 0.500. The molecule has 1 aromatic rings. The molecular weight excluding hydrogens is 266 g/mol. The van der Waals surface area contributed by atoms with Gasteiger partial charge in [0.2, 0.25) is 0 Å². The fourth-order valence-corrected chi connectivity index (χ4v) is 2.28. The quantitative estimate of drug-likeness (QED) is 0.871. The molecule has 4 nitrogen and oxygen atoms in total. The molecule has 0 spiro atoms. The molecule has 0 saturated heterocycles. The number of alkyl halides is 2. The van der Waals surface area contributed by atoms with Crippen LogP contribution in [0.2, 0.25) is 0 Å². The zero-order chi connectivity index (χ0) is 14.5. The first-order valence-electron chi connectivity index (χ1n) is 6.68. The number of benzene rings is 1. The summed E-state index contributed by atoms with van der Waals surface area (Å²) in [6.45, 7) is -2.18. The number of para-hydroxylation sites is 1. The van der Waals surface area contributed by atoms with Crippen molar-refractivity contribution >= 4 is 5.91 Å². The van der Waals surface area contributed by atoms with Gasteiger partial charge in [-0.25, -0.2) is 0 Å². The molecule has 20 heavy (non-hydrogen) atoms. The maximum Gasteiger partial charge on any atom is 0.387 e. The number of ether oxygens (including phenoxy) is 1. The molecule has 1 aliphatic rings. The first kappa shape index (κ1) is 14.7. The summed E-state index contributed by atoms with van der Waals surface area (Å²) in [5.41, 5.74) is 5.70. The molecule has 0 radical (unpaired) electrons. The molecule has 0 bridgehead atoms. The van der Waals surface area contributed by atoms with Gasteiger partial charge in [0.05, 0.1) is 5.56 Å². The molecule has 0 aromatic heterocycles. The SMILES string of the molecule is NCCN(C(=O)c1ccccc1OC(F)F)C1CCC1. The number of nitrogens with two attached hydrogens (primary N) is 1. The second kappa shape index (κ2) is 6.65. The molecule has 2 rings (SSSR count). The van der Waals surface area contributed by atoms with Crippen LogP contribution in [0.4, 0.5) is 8.78 Å². The Labute approximate surface area is 116 Å². The van der Waals surface area contributed by atoms with Gasteiger partial charge in [-0.15, -0.1) is 0 Å². The van der Waals surface area contributed by atoms with Crippen LogP contribution in [-0.2, 0) is 0 Å². The molecule has 1 aromatic carbocycles. The number of hydrogen-bond donors (Lipinski definition) is 1. The summed E-state index contributed by atoms with van der Waals surface area (Å²) in [5, 5.41) is 0. The fourth-order valence-electron chi connectivity index (χ4n) is 2.28. The Morgan fingerprint density at radius 3 is 2.65 bits per heavy atom. The van der Waals surface area contributed by atoms with Crippen LogP contribution < -0.4 is 10.5 Å². The molecule has 2 N–H and O–H groups in total. The van der Waals surface area contributed by atoms with Crippen LogP contribution in [0.5, 0.6) is 5.75 Å². The Balaban J connectivity index is 2.21. The molecule has 1 amide bonds. The van der Waals surface area contributed by atoms with Crippen molar-refractivity contribution in [3.05, 3.63) is 29.8 Å². The molecule has 0 aliphatic heterocycles. The van der Waals surface area contributed by atoms with Gasteiger partial charge in [0, 0.05) is 19.1 Å². The molecule has 0 heterocycles. The standard InChI is InChI=1S/C14H18F2N2O2/c15-14(16)20-12-7-2-1-6-11(12)13(19)18(9-8-17)10-4-3-5-10/h1-2,6-7,10,14H,3-5,8-9,17H2. The van der Waals surface area contributed by atoms with Gasteiger partial charge >= 0.3 is 6.61 Å². The summed E-state index contributed by atoms with van der Waals surface area (Å²) in [4.78, 5) is 14.2. The number of hydrogen-bond acceptors (Lipinski definition) is 3. The van der Waals surface area contributed by atoms with Crippen molar-refractivity contribution in [2.75, 3.05) is 13.1 Å². The van der Waals surface area contributed by atoms with Crippen molar-refractivity contribution in [2.24, 2.45) is 5.73 Å². The molecule has 1 fully saturated rings.